The summed E-state index contributed by atoms with van der Waals surface area (Å²) >= 11 is 0. The topological polar surface area (TPSA) is 44.8 Å². The number of Topliss-reactive ketones (excluding diaryl/α,β-unsaturated/α-hetero) is 1. The molecule has 2 saturated heterocycles. The lowest BCUT2D eigenvalue weighted by Crippen LogP contribution is -2.46. The van der Waals surface area contributed by atoms with Gasteiger partial charge in [-0.2, -0.15) is 0 Å². The summed E-state index contributed by atoms with van der Waals surface area (Å²) in [6.07, 6.45) is 1.18. The quantitative estimate of drug-likeness (QED) is 0.786. The van der Waals surface area contributed by atoms with Gasteiger partial charge in [0.05, 0.1) is 13.2 Å². The summed E-state index contributed by atoms with van der Waals surface area (Å²) in [5, 5.41) is 3.34. The molecular formula is C18H28ClN3O2. The molecule has 5 nitrogen and oxygen atoms in total. The lowest BCUT2D eigenvalue weighted by atomic mass is 10.1. The number of nitrogens with one attached hydrogen (secondary N) is 1. The molecule has 2 fully saturated rings. The van der Waals surface area contributed by atoms with Gasteiger partial charge in [-0.3, -0.25) is 9.69 Å². The van der Waals surface area contributed by atoms with E-state index in [-0.39, 0.29) is 18.2 Å². The van der Waals surface area contributed by atoms with Crippen LogP contribution in [0, 0.1) is 5.92 Å². The van der Waals surface area contributed by atoms with Crippen molar-refractivity contribution >= 4 is 18.2 Å². The van der Waals surface area contributed by atoms with Crippen LogP contribution in [-0.4, -0.2) is 75.1 Å². The van der Waals surface area contributed by atoms with Crippen molar-refractivity contribution in [3.63, 3.8) is 0 Å². The highest BCUT2D eigenvalue weighted by Gasteiger charge is 2.18. The van der Waals surface area contributed by atoms with Crippen LogP contribution >= 0.6 is 12.4 Å². The number of hydrogen-bond donors (Lipinski definition) is 1. The molecule has 1 aromatic carbocycles. The summed E-state index contributed by atoms with van der Waals surface area (Å²) in [6.45, 7) is 7.42. The minimum atomic E-state index is 0. The summed E-state index contributed by atoms with van der Waals surface area (Å²) in [7, 11) is 2.12. The zero-order chi connectivity index (χ0) is 16.1. The van der Waals surface area contributed by atoms with Crippen molar-refractivity contribution in [2.75, 3.05) is 59.5 Å². The predicted octanol–water partition coefficient (Wildman–Crippen LogP) is 1.53. The second-order valence-corrected chi connectivity index (χ2v) is 6.70. The molecule has 2 aliphatic heterocycles. The number of nitrogens with zero attached hydrogens (tertiary/aromatic N) is 2. The van der Waals surface area contributed by atoms with Gasteiger partial charge < -0.3 is 15.0 Å². The molecule has 2 aliphatic rings. The zero-order valence-electron chi connectivity index (χ0n) is 14.4. The van der Waals surface area contributed by atoms with Crippen LogP contribution in [0.1, 0.15) is 16.8 Å². The smallest absolute Gasteiger partial charge is 0.176 e. The molecular weight excluding hydrogens is 326 g/mol. The lowest BCUT2D eigenvalue weighted by molar-refractivity contribution is 0.0876. The Morgan fingerprint density at radius 2 is 1.92 bits per heavy atom. The molecule has 0 aromatic heterocycles. The van der Waals surface area contributed by atoms with Crippen LogP contribution in [0.4, 0.5) is 0 Å². The standard InChI is InChI=1S/C18H27N3O2.ClH/c1-20-8-10-21(11-9-20)13-18(22)16-2-4-17(5-3-16)23-14-15-6-7-19-12-15;/h2-5,15,19H,6-14H2,1H3;1H. The molecule has 0 radical (unpaired) electrons. The third-order valence-corrected chi connectivity index (χ3v) is 4.79. The fraction of sp³-hybridized carbons (Fsp3) is 0.611. The van der Waals surface area contributed by atoms with Crippen LogP contribution in [0.5, 0.6) is 5.75 Å². The van der Waals surface area contributed by atoms with Gasteiger partial charge in [-0.15, -0.1) is 12.4 Å². The van der Waals surface area contributed by atoms with E-state index in [1.165, 1.54) is 6.42 Å². The number of piperazine rings is 1. The summed E-state index contributed by atoms with van der Waals surface area (Å²) in [5.41, 5.74) is 0.777. The number of ether oxygens (including phenoxy) is 1. The minimum Gasteiger partial charge on any atom is -0.493 e. The van der Waals surface area contributed by atoms with Gasteiger partial charge >= 0.3 is 0 Å². The van der Waals surface area contributed by atoms with E-state index in [1.54, 1.807) is 0 Å². The molecule has 0 saturated carbocycles. The number of ketones is 1. The van der Waals surface area contributed by atoms with E-state index in [0.717, 1.165) is 57.2 Å². The molecule has 24 heavy (non-hydrogen) atoms. The first-order chi connectivity index (χ1) is 11.2. The Kier molecular flexibility index (Phi) is 7.49. The summed E-state index contributed by atoms with van der Waals surface area (Å²) < 4.78 is 5.82. The minimum absolute atomic E-state index is 0. The van der Waals surface area contributed by atoms with Crippen LogP contribution < -0.4 is 10.1 Å². The normalized spacial score (nSPS) is 22.1. The first-order valence-corrected chi connectivity index (χ1v) is 8.58. The monoisotopic (exact) mass is 353 g/mol. The molecule has 0 bridgehead atoms. The fourth-order valence-electron chi connectivity index (χ4n) is 3.11. The van der Waals surface area contributed by atoms with Crippen molar-refractivity contribution < 1.29 is 9.53 Å². The van der Waals surface area contributed by atoms with Gasteiger partial charge in [-0.05, 0) is 44.3 Å². The molecule has 134 valence electrons. The molecule has 0 spiro atoms. The van der Waals surface area contributed by atoms with Gasteiger partial charge in [0.25, 0.3) is 0 Å². The van der Waals surface area contributed by atoms with Gasteiger partial charge in [-0.25, -0.2) is 0 Å². The van der Waals surface area contributed by atoms with Gasteiger partial charge in [0.2, 0.25) is 0 Å². The summed E-state index contributed by atoms with van der Waals surface area (Å²) in [6, 6.07) is 7.61. The Labute approximate surface area is 150 Å². The van der Waals surface area contributed by atoms with E-state index < -0.39 is 0 Å². The molecule has 2 heterocycles. The number of rotatable bonds is 6. The Bertz CT molecular complexity index is 510. The van der Waals surface area contributed by atoms with Crippen LogP contribution in [0.3, 0.4) is 0 Å². The Morgan fingerprint density at radius 1 is 1.21 bits per heavy atom. The van der Waals surface area contributed by atoms with Gasteiger partial charge in [0.1, 0.15) is 5.75 Å². The molecule has 0 amide bonds. The highest BCUT2D eigenvalue weighted by molar-refractivity contribution is 5.97. The Morgan fingerprint density at radius 3 is 2.54 bits per heavy atom. The van der Waals surface area contributed by atoms with Crippen molar-refractivity contribution in [1.82, 2.24) is 15.1 Å². The molecule has 3 rings (SSSR count). The number of hydrogen-bond acceptors (Lipinski definition) is 5. The maximum Gasteiger partial charge on any atom is 0.176 e. The number of benzene rings is 1. The Hall–Kier alpha value is -1.14. The van der Waals surface area contributed by atoms with E-state index in [4.69, 9.17) is 4.74 Å². The molecule has 1 aromatic rings. The fourth-order valence-corrected chi connectivity index (χ4v) is 3.11. The number of carbonyl (C=O) groups excluding carboxylic acids is 1. The third-order valence-electron chi connectivity index (χ3n) is 4.79. The zero-order valence-corrected chi connectivity index (χ0v) is 15.2. The van der Waals surface area contributed by atoms with E-state index in [9.17, 15) is 4.79 Å². The van der Waals surface area contributed by atoms with Gasteiger partial charge in [0.15, 0.2) is 5.78 Å². The van der Waals surface area contributed by atoms with Gasteiger partial charge in [-0.1, -0.05) is 0 Å². The van der Waals surface area contributed by atoms with Crippen molar-refractivity contribution in [1.29, 1.82) is 0 Å². The summed E-state index contributed by atoms with van der Waals surface area (Å²) in [5.74, 6) is 1.66. The number of likely N-dealkylation sites (N-methyl/N-ethyl adjacent to an activating group) is 1. The summed E-state index contributed by atoms with van der Waals surface area (Å²) in [4.78, 5) is 16.9. The van der Waals surface area contributed by atoms with E-state index in [1.807, 2.05) is 24.3 Å². The second-order valence-electron chi connectivity index (χ2n) is 6.70. The molecule has 1 atom stereocenters. The second kappa shape index (κ2) is 9.37. The highest BCUT2D eigenvalue weighted by Crippen LogP contribution is 2.16. The van der Waals surface area contributed by atoms with Crippen LogP contribution in [-0.2, 0) is 0 Å². The highest BCUT2D eigenvalue weighted by atomic mass is 35.5. The predicted molar refractivity (Wildman–Crippen MR) is 98.4 cm³/mol. The van der Waals surface area contributed by atoms with E-state index in [0.29, 0.717) is 12.5 Å². The van der Waals surface area contributed by atoms with Gasteiger partial charge in [0, 0.05) is 44.2 Å². The molecule has 0 aliphatic carbocycles. The van der Waals surface area contributed by atoms with Crippen molar-refractivity contribution in [2.45, 2.75) is 6.42 Å². The van der Waals surface area contributed by atoms with Crippen molar-refractivity contribution in [3.05, 3.63) is 29.8 Å². The van der Waals surface area contributed by atoms with E-state index >= 15 is 0 Å². The molecule has 1 N–H and O–H groups in total. The van der Waals surface area contributed by atoms with Crippen molar-refractivity contribution in [2.24, 2.45) is 5.92 Å². The van der Waals surface area contributed by atoms with Crippen LogP contribution in [0.15, 0.2) is 24.3 Å². The molecule has 6 heteroatoms. The first-order valence-electron chi connectivity index (χ1n) is 8.58. The SMILES string of the molecule is CN1CCN(CC(=O)c2ccc(OCC3CCNC3)cc2)CC1.Cl. The van der Waals surface area contributed by atoms with Crippen LogP contribution in [0.2, 0.25) is 0 Å². The van der Waals surface area contributed by atoms with E-state index in [2.05, 4.69) is 22.2 Å². The number of carbonyl (C=O) groups is 1. The average molecular weight is 354 g/mol. The average Bonchev–Trinajstić information content (AvgIpc) is 3.09. The molecule has 1 unspecified atom stereocenters. The Balaban J connectivity index is 0.00000208. The lowest BCUT2D eigenvalue weighted by Gasteiger charge is -2.31. The third kappa shape index (κ3) is 5.45. The largest absolute Gasteiger partial charge is 0.493 e. The van der Waals surface area contributed by atoms with Crippen molar-refractivity contribution in [3.8, 4) is 5.75 Å². The maximum absolute atomic E-state index is 12.4. The maximum atomic E-state index is 12.4. The van der Waals surface area contributed by atoms with Crippen LogP contribution in [0.25, 0.3) is 0 Å². The number of halogens is 1. The first kappa shape index (κ1) is 19.2.